The summed E-state index contributed by atoms with van der Waals surface area (Å²) in [6.07, 6.45) is 5.32. The minimum atomic E-state index is 0.622. The van der Waals surface area contributed by atoms with Gasteiger partial charge in [0.2, 0.25) is 0 Å². The van der Waals surface area contributed by atoms with E-state index in [1.165, 1.54) is 23.9 Å². The van der Waals surface area contributed by atoms with Gasteiger partial charge < -0.3 is 0 Å². The molecular formula is C18H22N2. The van der Waals surface area contributed by atoms with E-state index in [-0.39, 0.29) is 0 Å². The van der Waals surface area contributed by atoms with Crippen LogP contribution in [0.5, 0.6) is 0 Å². The third-order valence-electron chi connectivity index (χ3n) is 4.54. The molecule has 0 amide bonds. The molecular weight excluding hydrogens is 244 g/mol. The normalized spacial score (nSPS) is 23.9. The van der Waals surface area contributed by atoms with Gasteiger partial charge in [-0.2, -0.15) is 0 Å². The lowest BCUT2D eigenvalue weighted by atomic mass is 9.87. The van der Waals surface area contributed by atoms with Crippen LogP contribution < -0.4 is 0 Å². The first-order chi connectivity index (χ1) is 9.78. The standard InChI is InChI=1S/C18H22N2/c1-3-15-12-20(11-9-14(15)2)13-16-8-10-19-18-7-5-4-6-17(16)18/h3-8,10,14-15H,1,9,11-13H2,2H3. The van der Waals surface area contributed by atoms with Gasteiger partial charge in [0.25, 0.3) is 0 Å². The van der Waals surface area contributed by atoms with Gasteiger partial charge in [-0.15, -0.1) is 6.58 Å². The number of aromatic nitrogens is 1. The molecule has 1 aliphatic rings. The van der Waals surface area contributed by atoms with Crippen molar-refractivity contribution in [2.24, 2.45) is 11.8 Å². The third-order valence-corrected chi connectivity index (χ3v) is 4.54. The lowest BCUT2D eigenvalue weighted by Crippen LogP contribution is -2.38. The van der Waals surface area contributed by atoms with E-state index >= 15 is 0 Å². The zero-order valence-electron chi connectivity index (χ0n) is 12.1. The molecule has 1 fully saturated rings. The highest BCUT2D eigenvalue weighted by Crippen LogP contribution is 2.26. The van der Waals surface area contributed by atoms with Crippen LogP contribution >= 0.6 is 0 Å². The quantitative estimate of drug-likeness (QED) is 0.784. The second-order valence-corrected chi connectivity index (χ2v) is 5.89. The van der Waals surface area contributed by atoms with Crippen LogP contribution in [0.1, 0.15) is 18.9 Å². The largest absolute Gasteiger partial charge is 0.298 e. The number of benzene rings is 1. The third kappa shape index (κ3) is 2.61. The average Bonchev–Trinajstić information content (AvgIpc) is 2.49. The zero-order valence-corrected chi connectivity index (χ0v) is 12.1. The van der Waals surface area contributed by atoms with Gasteiger partial charge in [-0.25, -0.2) is 0 Å². The minimum absolute atomic E-state index is 0.622. The Morgan fingerprint density at radius 2 is 2.20 bits per heavy atom. The van der Waals surface area contributed by atoms with Crippen molar-refractivity contribution in [3.05, 3.63) is 54.7 Å². The predicted molar refractivity (Wildman–Crippen MR) is 84.5 cm³/mol. The maximum absolute atomic E-state index is 4.44. The van der Waals surface area contributed by atoms with Gasteiger partial charge in [0.05, 0.1) is 5.52 Å². The molecule has 1 aromatic carbocycles. The summed E-state index contributed by atoms with van der Waals surface area (Å²) in [5, 5.41) is 1.28. The Morgan fingerprint density at radius 1 is 1.35 bits per heavy atom. The van der Waals surface area contributed by atoms with Gasteiger partial charge in [0.1, 0.15) is 0 Å². The van der Waals surface area contributed by atoms with E-state index in [0.717, 1.165) is 24.5 Å². The molecule has 0 saturated carbocycles. The van der Waals surface area contributed by atoms with E-state index < -0.39 is 0 Å². The molecule has 3 rings (SSSR count). The molecule has 2 aromatic rings. The van der Waals surface area contributed by atoms with Gasteiger partial charge in [0, 0.05) is 24.7 Å². The number of para-hydroxylation sites is 1. The van der Waals surface area contributed by atoms with Crippen molar-refractivity contribution in [2.75, 3.05) is 13.1 Å². The molecule has 2 unspecified atom stereocenters. The second-order valence-electron chi connectivity index (χ2n) is 5.89. The number of nitrogens with zero attached hydrogens (tertiary/aromatic N) is 2. The van der Waals surface area contributed by atoms with Crippen molar-refractivity contribution in [1.29, 1.82) is 0 Å². The molecule has 0 bridgehead atoms. The number of hydrogen-bond donors (Lipinski definition) is 0. The molecule has 0 N–H and O–H groups in total. The van der Waals surface area contributed by atoms with Gasteiger partial charge in [-0.3, -0.25) is 9.88 Å². The lowest BCUT2D eigenvalue weighted by Gasteiger charge is -2.35. The number of hydrogen-bond acceptors (Lipinski definition) is 2. The van der Waals surface area contributed by atoms with Crippen LogP contribution in [-0.2, 0) is 6.54 Å². The summed E-state index contributed by atoms with van der Waals surface area (Å²) in [5.41, 5.74) is 2.48. The van der Waals surface area contributed by atoms with E-state index in [1.807, 2.05) is 6.20 Å². The maximum atomic E-state index is 4.44. The Morgan fingerprint density at radius 3 is 3.05 bits per heavy atom. The molecule has 2 nitrogen and oxygen atoms in total. The molecule has 0 radical (unpaired) electrons. The monoisotopic (exact) mass is 266 g/mol. The highest BCUT2D eigenvalue weighted by molar-refractivity contribution is 5.81. The van der Waals surface area contributed by atoms with Crippen molar-refractivity contribution in [1.82, 2.24) is 9.88 Å². The summed E-state index contributed by atoms with van der Waals surface area (Å²) in [7, 11) is 0. The Hall–Kier alpha value is -1.67. The van der Waals surface area contributed by atoms with Crippen LogP contribution in [0, 0.1) is 11.8 Å². The van der Waals surface area contributed by atoms with Crippen molar-refractivity contribution >= 4 is 10.9 Å². The van der Waals surface area contributed by atoms with Gasteiger partial charge in [0.15, 0.2) is 0 Å². The van der Waals surface area contributed by atoms with E-state index in [2.05, 4.69) is 59.8 Å². The predicted octanol–water partition coefficient (Wildman–Crippen LogP) is 3.88. The average molecular weight is 266 g/mol. The first kappa shape index (κ1) is 13.3. The summed E-state index contributed by atoms with van der Waals surface area (Å²) >= 11 is 0. The van der Waals surface area contributed by atoms with Crippen LogP contribution in [0.4, 0.5) is 0 Å². The topological polar surface area (TPSA) is 16.1 Å². The van der Waals surface area contributed by atoms with Crippen LogP contribution in [0.3, 0.4) is 0 Å². The number of fused-ring (bicyclic) bond motifs is 1. The highest BCUT2D eigenvalue weighted by Gasteiger charge is 2.24. The minimum Gasteiger partial charge on any atom is -0.298 e. The van der Waals surface area contributed by atoms with E-state index in [4.69, 9.17) is 0 Å². The second kappa shape index (κ2) is 5.76. The number of piperidine rings is 1. The molecule has 104 valence electrons. The fourth-order valence-electron chi connectivity index (χ4n) is 3.15. The SMILES string of the molecule is C=CC1CN(Cc2ccnc3ccccc23)CCC1C. The summed E-state index contributed by atoms with van der Waals surface area (Å²) in [6.45, 7) is 9.65. The number of pyridine rings is 1. The molecule has 0 spiro atoms. The summed E-state index contributed by atoms with van der Waals surface area (Å²) in [4.78, 5) is 6.99. The van der Waals surface area contributed by atoms with Gasteiger partial charge >= 0.3 is 0 Å². The maximum Gasteiger partial charge on any atom is 0.0705 e. The molecule has 1 saturated heterocycles. The number of likely N-dealkylation sites (tertiary alicyclic amines) is 1. The van der Waals surface area contributed by atoms with Crippen LogP contribution in [0.25, 0.3) is 10.9 Å². The lowest BCUT2D eigenvalue weighted by molar-refractivity contribution is 0.147. The Kier molecular flexibility index (Phi) is 3.83. The molecule has 2 atom stereocenters. The molecule has 0 aliphatic carbocycles. The molecule has 2 heterocycles. The number of rotatable bonds is 3. The van der Waals surface area contributed by atoms with Crippen LogP contribution in [0.15, 0.2) is 49.2 Å². The molecule has 1 aromatic heterocycles. The zero-order chi connectivity index (χ0) is 13.9. The summed E-state index contributed by atoms with van der Waals surface area (Å²) in [5.74, 6) is 1.38. The Labute approximate surface area is 121 Å². The summed E-state index contributed by atoms with van der Waals surface area (Å²) in [6, 6.07) is 10.6. The Bertz CT molecular complexity index is 600. The van der Waals surface area contributed by atoms with Crippen LogP contribution in [0.2, 0.25) is 0 Å². The van der Waals surface area contributed by atoms with Crippen LogP contribution in [-0.4, -0.2) is 23.0 Å². The van der Waals surface area contributed by atoms with Crippen molar-refractivity contribution in [3.8, 4) is 0 Å². The van der Waals surface area contributed by atoms with Gasteiger partial charge in [-0.1, -0.05) is 31.2 Å². The van der Waals surface area contributed by atoms with Gasteiger partial charge in [-0.05, 0) is 42.5 Å². The molecule has 20 heavy (non-hydrogen) atoms. The smallest absolute Gasteiger partial charge is 0.0705 e. The van der Waals surface area contributed by atoms with Crippen molar-refractivity contribution < 1.29 is 0 Å². The first-order valence-corrected chi connectivity index (χ1v) is 7.45. The van der Waals surface area contributed by atoms with Crippen molar-refractivity contribution in [3.63, 3.8) is 0 Å². The first-order valence-electron chi connectivity index (χ1n) is 7.45. The highest BCUT2D eigenvalue weighted by atomic mass is 15.1. The Balaban J connectivity index is 1.81. The van der Waals surface area contributed by atoms with E-state index in [0.29, 0.717) is 5.92 Å². The fraction of sp³-hybridized carbons (Fsp3) is 0.389. The fourth-order valence-corrected chi connectivity index (χ4v) is 3.15. The molecule has 2 heteroatoms. The summed E-state index contributed by atoms with van der Waals surface area (Å²) < 4.78 is 0. The van der Waals surface area contributed by atoms with Crippen molar-refractivity contribution in [2.45, 2.75) is 19.9 Å². The van der Waals surface area contributed by atoms with E-state index in [1.54, 1.807) is 0 Å². The van der Waals surface area contributed by atoms with E-state index in [9.17, 15) is 0 Å². The molecule has 1 aliphatic heterocycles.